The largest absolute Gasteiger partial charge is 0.489 e. The summed E-state index contributed by atoms with van der Waals surface area (Å²) in [6.45, 7) is 6.38. The second-order valence-corrected chi connectivity index (χ2v) is 9.19. The molecule has 0 unspecified atom stereocenters. The summed E-state index contributed by atoms with van der Waals surface area (Å²) in [5.41, 5.74) is 1.12. The molecule has 2 aromatic rings. The molecule has 1 aromatic carbocycles. The van der Waals surface area contributed by atoms with E-state index in [0.29, 0.717) is 37.9 Å². The summed E-state index contributed by atoms with van der Waals surface area (Å²) in [5.74, 6) is 1.69. The minimum Gasteiger partial charge on any atom is -0.489 e. The van der Waals surface area contributed by atoms with E-state index >= 15 is 0 Å². The molecule has 0 N–H and O–H groups in total. The monoisotopic (exact) mass is 440 g/mol. The number of aromatic nitrogens is 2. The van der Waals surface area contributed by atoms with Crippen molar-refractivity contribution in [2.75, 3.05) is 36.0 Å². The molecule has 0 amide bonds. The number of hydrogen-bond acceptors (Lipinski definition) is 7. The third kappa shape index (κ3) is 4.28. The zero-order chi connectivity index (χ0) is 22.2. The first-order valence-corrected chi connectivity index (χ1v) is 11.4. The van der Waals surface area contributed by atoms with Gasteiger partial charge in [-0.25, -0.2) is 9.37 Å². The molecular formula is C24H29FN4O3. The van der Waals surface area contributed by atoms with E-state index in [1.54, 1.807) is 6.92 Å². The lowest BCUT2D eigenvalue weighted by atomic mass is 9.96. The number of hydrogen-bond donors (Lipinski definition) is 0. The Balaban J connectivity index is 1.22. The molecule has 3 aliphatic rings. The van der Waals surface area contributed by atoms with Crippen LogP contribution < -0.4 is 14.5 Å². The lowest BCUT2D eigenvalue weighted by molar-refractivity contribution is -0.117. The van der Waals surface area contributed by atoms with Gasteiger partial charge >= 0.3 is 0 Å². The molecule has 32 heavy (non-hydrogen) atoms. The van der Waals surface area contributed by atoms with Crippen molar-refractivity contribution in [1.29, 1.82) is 0 Å². The van der Waals surface area contributed by atoms with E-state index < -0.39 is 5.82 Å². The van der Waals surface area contributed by atoms with Crippen LogP contribution in [-0.4, -0.2) is 60.2 Å². The van der Waals surface area contributed by atoms with Gasteiger partial charge in [0.25, 0.3) is 0 Å². The van der Waals surface area contributed by atoms with Gasteiger partial charge in [0.2, 0.25) is 5.95 Å². The molecule has 4 heterocycles. The summed E-state index contributed by atoms with van der Waals surface area (Å²) < 4.78 is 26.4. The number of rotatable bonds is 7. The molecule has 0 saturated carbocycles. The molecule has 8 heteroatoms. The Kier molecular flexibility index (Phi) is 5.71. The van der Waals surface area contributed by atoms with Crippen LogP contribution in [0.4, 0.5) is 16.2 Å². The molecule has 0 spiro atoms. The van der Waals surface area contributed by atoms with E-state index in [9.17, 15) is 9.18 Å². The van der Waals surface area contributed by atoms with Gasteiger partial charge in [-0.05, 0) is 37.0 Å². The maximum atomic E-state index is 14.6. The van der Waals surface area contributed by atoms with E-state index in [1.165, 1.54) is 6.20 Å². The number of halogens is 1. The van der Waals surface area contributed by atoms with Crippen LogP contribution in [0, 0.1) is 5.82 Å². The van der Waals surface area contributed by atoms with Gasteiger partial charge in [-0.15, -0.1) is 0 Å². The van der Waals surface area contributed by atoms with Crippen molar-refractivity contribution in [3.05, 3.63) is 41.8 Å². The molecule has 3 saturated heterocycles. The van der Waals surface area contributed by atoms with E-state index in [0.717, 1.165) is 30.7 Å². The van der Waals surface area contributed by atoms with Gasteiger partial charge < -0.3 is 24.1 Å². The summed E-state index contributed by atoms with van der Waals surface area (Å²) in [6.07, 6.45) is 3.80. The lowest BCUT2D eigenvalue weighted by Gasteiger charge is -2.28. The normalized spacial score (nSPS) is 25.4. The quantitative estimate of drug-likeness (QED) is 0.654. The van der Waals surface area contributed by atoms with E-state index in [1.807, 2.05) is 29.2 Å². The van der Waals surface area contributed by atoms with Crippen LogP contribution in [0.2, 0.25) is 0 Å². The molecular weight excluding hydrogens is 411 g/mol. The van der Waals surface area contributed by atoms with Gasteiger partial charge in [-0.1, -0.05) is 19.1 Å². The van der Waals surface area contributed by atoms with Gasteiger partial charge in [0, 0.05) is 25.9 Å². The van der Waals surface area contributed by atoms with E-state index in [4.69, 9.17) is 9.47 Å². The van der Waals surface area contributed by atoms with Crippen molar-refractivity contribution < 1.29 is 18.7 Å². The van der Waals surface area contributed by atoms with Crippen molar-refractivity contribution >= 4 is 17.5 Å². The molecule has 1 aromatic heterocycles. The minimum atomic E-state index is -0.404. The Bertz CT molecular complexity index is 986. The molecule has 0 aliphatic carbocycles. The van der Waals surface area contributed by atoms with Crippen LogP contribution in [0.25, 0.3) is 0 Å². The number of carbonyl (C=O) groups is 1. The fourth-order valence-electron chi connectivity index (χ4n) is 4.99. The van der Waals surface area contributed by atoms with Crippen LogP contribution in [-0.2, 0) is 9.53 Å². The first-order valence-electron chi connectivity index (χ1n) is 11.4. The average Bonchev–Trinajstić information content (AvgIpc) is 3.52. The molecule has 170 valence electrons. The Labute approximate surface area is 187 Å². The highest BCUT2D eigenvalue weighted by molar-refractivity contribution is 5.76. The predicted octanol–water partition coefficient (Wildman–Crippen LogP) is 3.33. The summed E-state index contributed by atoms with van der Waals surface area (Å²) >= 11 is 0. The maximum Gasteiger partial charge on any atom is 0.227 e. The highest BCUT2D eigenvalue weighted by atomic mass is 19.1. The Morgan fingerprint density at radius 3 is 2.81 bits per heavy atom. The zero-order valence-electron chi connectivity index (χ0n) is 18.5. The summed E-state index contributed by atoms with van der Waals surface area (Å²) in [5, 5.41) is 0. The highest BCUT2D eigenvalue weighted by Crippen LogP contribution is 2.32. The molecule has 5 rings (SSSR count). The molecule has 3 aliphatic heterocycles. The Morgan fingerprint density at radius 2 is 2.12 bits per heavy atom. The summed E-state index contributed by atoms with van der Waals surface area (Å²) in [7, 11) is 0. The molecule has 0 radical (unpaired) electrons. The molecule has 2 bridgehead atoms. The van der Waals surface area contributed by atoms with Crippen LogP contribution in [0.3, 0.4) is 0 Å². The molecule has 3 fully saturated rings. The van der Waals surface area contributed by atoms with Crippen molar-refractivity contribution in [2.45, 2.75) is 57.3 Å². The Morgan fingerprint density at radius 1 is 1.31 bits per heavy atom. The number of nitrogens with zero attached hydrogens (tertiary/aromatic N) is 4. The van der Waals surface area contributed by atoms with Crippen LogP contribution >= 0.6 is 0 Å². The summed E-state index contributed by atoms with van der Waals surface area (Å²) in [4.78, 5) is 24.3. The zero-order valence-corrected chi connectivity index (χ0v) is 18.5. The number of Topliss-reactive ketones (excluding diaryl/α,β-unsaturated/α-hetero) is 1. The number of carbonyl (C=O) groups excluding carboxylic acids is 1. The molecule has 7 nitrogen and oxygen atoms in total. The first kappa shape index (κ1) is 21.1. The average molecular weight is 441 g/mol. The predicted molar refractivity (Wildman–Crippen MR) is 119 cm³/mol. The van der Waals surface area contributed by atoms with E-state index in [2.05, 4.69) is 21.8 Å². The van der Waals surface area contributed by atoms with Crippen molar-refractivity contribution in [3.63, 3.8) is 0 Å². The lowest BCUT2D eigenvalue weighted by Crippen LogP contribution is -2.38. The fourth-order valence-corrected chi connectivity index (χ4v) is 4.99. The number of ether oxygens (including phenoxy) is 2. The van der Waals surface area contributed by atoms with Crippen LogP contribution in [0.15, 0.2) is 30.5 Å². The molecule has 4 atom stereocenters. The number of benzene rings is 1. The highest BCUT2D eigenvalue weighted by Gasteiger charge is 2.40. The number of fused-ring (bicyclic) bond motifs is 2. The van der Waals surface area contributed by atoms with Gasteiger partial charge in [-0.3, -0.25) is 0 Å². The van der Waals surface area contributed by atoms with Gasteiger partial charge in [0.1, 0.15) is 17.6 Å². The second-order valence-electron chi connectivity index (χ2n) is 9.19. The number of anilines is 2. The minimum absolute atomic E-state index is 0.0375. The topological polar surface area (TPSA) is 67.8 Å². The van der Waals surface area contributed by atoms with Crippen molar-refractivity contribution in [2.24, 2.45) is 0 Å². The SMILES string of the molecule is CC(=O)C[C@@H](C)c1ccc(O[C@@H]2CCN(c3nc(N4C[C@@H]5C[C@H]4CO5)ncc3F)C2)cc1. The van der Waals surface area contributed by atoms with E-state index in [-0.39, 0.29) is 30.0 Å². The smallest absolute Gasteiger partial charge is 0.227 e. The van der Waals surface area contributed by atoms with Crippen molar-refractivity contribution in [3.8, 4) is 5.75 Å². The number of morpholine rings is 1. The third-order valence-corrected chi connectivity index (χ3v) is 6.66. The van der Waals surface area contributed by atoms with Gasteiger partial charge in [-0.2, -0.15) is 4.98 Å². The van der Waals surface area contributed by atoms with Gasteiger partial charge in [0.05, 0.1) is 31.5 Å². The van der Waals surface area contributed by atoms with Crippen LogP contribution in [0.5, 0.6) is 5.75 Å². The second kappa shape index (κ2) is 8.65. The Hall–Kier alpha value is -2.74. The maximum absolute atomic E-state index is 14.6. The first-order chi connectivity index (χ1) is 15.5. The third-order valence-electron chi connectivity index (χ3n) is 6.66. The number of ketones is 1. The standard InChI is InChI=1S/C24H29FN4O3/c1-15(9-16(2)30)17-3-5-19(6-4-17)32-20-7-8-28(12-20)23-22(25)11-26-24(27-23)29-13-21-10-18(29)14-31-21/h3-6,11,15,18,20-21H,7-10,12-14H2,1-2H3/t15-,18+,20-,21+/m1/s1. The van der Waals surface area contributed by atoms with Crippen molar-refractivity contribution in [1.82, 2.24) is 9.97 Å². The van der Waals surface area contributed by atoms with Crippen LogP contribution in [0.1, 0.15) is 44.6 Å². The van der Waals surface area contributed by atoms with Gasteiger partial charge in [0.15, 0.2) is 11.6 Å². The summed E-state index contributed by atoms with van der Waals surface area (Å²) in [6, 6.07) is 8.21. The fraction of sp³-hybridized carbons (Fsp3) is 0.542.